The molecule has 0 aliphatic carbocycles. The number of hydrogen-bond acceptors (Lipinski definition) is 3. The Kier molecular flexibility index (Phi) is 2.63. The minimum atomic E-state index is 0.870. The van der Waals surface area contributed by atoms with Crippen molar-refractivity contribution >= 4 is 5.82 Å². The summed E-state index contributed by atoms with van der Waals surface area (Å²) in [5.41, 5.74) is 1.06. The number of anilines is 1. The lowest BCUT2D eigenvalue weighted by Gasteiger charge is -2.26. The maximum absolute atomic E-state index is 4.46. The van der Waals surface area contributed by atoms with Gasteiger partial charge in [-0.3, -0.25) is 0 Å². The van der Waals surface area contributed by atoms with Gasteiger partial charge in [-0.25, -0.2) is 9.97 Å². The summed E-state index contributed by atoms with van der Waals surface area (Å²) in [7, 11) is 0. The van der Waals surface area contributed by atoms with Crippen LogP contribution < -0.4 is 10.2 Å². The first kappa shape index (κ1) is 9.40. The van der Waals surface area contributed by atoms with Crippen molar-refractivity contribution in [3.05, 3.63) is 17.6 Å². The average molecular weight is 193 g/mol. The Morgan fingerprint density at radius 3 is 2.57 bits per heavy atom. The van der Waals surface area contributed by atoms with Crippen molar-refractivity contribution in [3.63, 3.8) is 0 Å². The summed E-state index contributed by atoms with van der Waals surface area (Å²) in [4.78, 5) is 11.1. The molecule has 76 valence electrons. The standard InChI is InChI=1S/C10H16N4/c1-8-7-10(13-9(2)12-8)14-5-3-11-4-6-14/h7,11H,3-6H2,1-2H3/p+1. The molecule has 2 N–H and O–H groups in total. The quantitative estimate of drug-likeness (QED) is 0.652. The van der Waals surface area contributed by atoms with Crippen molar-refractivity contribution in [2.45, 2.75) is 13.8 Å². The topological polar surface area (TPSA) is 45.6 Å². The molecule has 2 rings (SSSR count). The molecule has 0 spiro atoms. The van der Waals surface area contributed by atoms with Crippen molar-refractivity contribution < 1.29 is 5.32 Å². The largest absolute Gasteiger partial charge is 0.345 e. The Bertz CT molecular complexity index is 298. The van der Waals surface area contributed by atoms with Crippen molar-refractivity contribution in [1.29, 1.82) is 0 Å². The van der Waals surface area contributed by atoms with Gasteiger partial charge < -0.3 is 10.2 Å². The van der Waals surface area contributed by atoms with E-state index >= 15 is 0 Å². The number of nitrogens with two attached hydrogens (primary N) is 1. The Hall–Kier alpha value is -1.16. The lowest BCUT2D eigenvalue weighted by Crippen LogP contribution is -2.89. The van der Waals surface area contributed by atoms with Crippen molar-refractivity contribution in [1.82, 2.24) is 9.97 Å². The monoisotopic (exact) mass is 193 g/mol. The van der Waals surface area contributed by atoms with Crippen LogP contribution in [0.4, 0.5) is 5.82 Å². The number of aromatic nitrogens is 2. The Morgan fingerprint density at radius 2 is 1.93 bits per heavy atom. The van der Waals surface area contributed by atoms with Gasteiger partial charge in [0, 0.05) is 11.8 Å². The van der Waals surface area contributed by atoms with Crippen LogP contribution in [0.1, 0.15) is 11.5 Å². The van der Waals surface area contributed by atoms with Gasteiger partial charge in [-0.05, 0) is 13.8 Å². The first-order valence-corrected chi connectivity index (χ1v) is 5.14. The molecule has 14 heavy (non-hydrogen) atoms. The first-order valence-electron chi connectivity index (χ1n) is 5.14. The highest BCUT2D eigenvalue weighted by atomic mass is 15.2. The van der Waals surface area contributed by atoms with Gasteiger partial charge in [-0.2, -0.15) is 0 Å². The highest BCUT2D eigenvalue weighted by Crippen LogP contribution is 2.11. The molecular formula is C10H17N4+. The van der Waals surface area contributed by atoms with Crippen LogP contribution in [0.3, 0.4) is 0 Å². The Balaban J connectivity index is 2.21. The van der Waals surface area contributed by atoms with Gasteiger partial charge in [0.2, 0.25) is 0 Å². The van der Waals surface area contributed by atoms with Crippen LogP contribution in [-0.2, 0) is 0 Å². The van der Waals surface area contributed by atoms with E-state index in [1.165, 1.54) is 13.1 Å². The Morgan fingerprint density at radius 1 is 1.21 bits per heavy atom. The second kappa shape index (κ2) is 3.92. The van der Waals surface area contributed by atoms with Crippen LogP contribution >= 0.6 is 0 Å². The normalized spacial score (nSPS) is 17.1. The molecule has 4 nitrogen and oxygen atoms in total. The van der Waals surface area contributed by atoms with E-state index in [0.717, 1.165) is 30.4 Å². The van der Waals surface area contributed by atoms with Crippen LogP contribution in [0.2, 0.25) is 0 Å². The summed E-state index contributed by atoms with van der Waals surface area (Å²) in [5, 5.41) is 2.34. The molecule has 1 aliphatic rings. The zero-order chi connectivity index (χ0) is 9.97. The molecule has 0 atom stereocenters. The number of aryl methyl sites for hydroxylation is 2. The van der Waals surface area contributed by atoms with E-state index < -0.39 is 0 Å². The molecule has 0 saturated carbocycles. The van der Waals surface area contributed by atoms with E-state index in [4.69, 9.17) is 0 Å². The van der Waals surface area contributed by atoms with E-state index in [2.05, 4.69) is 26.3 Å². The molecule has 1 aromatic heterocycles. The molecular weight excluding hydrogens is 176 g/mol. The van der Waals surface area contributed by atoms with Crippen LogP contribution in [0.15, 0.2) is 6.07 Å². The summed E-state index contributed by atoms with van der Waals surface area (Å²) in [6, 6.07) is 2.07. The predicted octanol–water partition coefficient (Wildman–Crippen LogP) is -0.523. The molecule has 1 aliphatic heterocycles. The van der Waals surface area contributed by atoms with Gasteiger partial charge in [-0.15, -0.1) is 0 Å². The fraction of sp³-hybridized carbons (Fsp3) is 0.600. The SMILES string of the molecule is Cc1cc(N2CC[NH2+]CC2)nc(C)n1. The average Bonchev–Trinajstić information content (AvgIpc) is 2.18. The van der Waals surface area contributed by atoms with Crippen LogP contribution in [0.5, 0.6) is 0 Å². The number of quaternary nitrogens is 1. The molecule has 2 heterocycles. The fourth-order valence-corrected chi connectivity index (χ4v) is 1.84. The van der Waals surface area contributed by atoms with E-state index in [9.17, 15) is 0 Å². The van der Waals surface area contributed by atoms with E-state index in [1.807, 2.05) is 13.8 Å². The zero-order valence-electron chi connectivity index (χ0n) is 8.82. The fourth-order valence-electron chi connectivity index (χ4n) is 1.84. The lowest BCUT2D eigenvalue weighted by atomic mass is 10.3. The van der Waals surface area contributed by atoms with Crippen LogP contribution in [0.25, 0.3) is 0 Å². The van der Waals surface area contributed by atoms with Gasteiger partial charge in [0.25, 0.3) is 0 Å². The first-order chi connectivity index (χ1) is 6.75. The molecule has 1 fully saturated rings. The third kappa shape index (κ3) is 2.01. The molecule has 0 aromatic carbocycles. The second-order valence-corrected chi connectivity index (χ2v) is 3.77. The van der Waals surface area contributed by atoms with Gasteiger partial charge in [0.05, 0.1) is 26.2 Å². The highest BCUT2D eigenvalue weighted by molar-refractivity contribution is 5.39. The second-order valence-electron chi connectivity index (χ2n) is 3.77. The van der Waals surface area contributed by atoms with E-state index in [1.54, 1.807) is 0 Å². The smallest absolute Gasteiger partial charge is 0.132 e. The van der Waals surface area contributed by atoms with Gasteiger partial charge in [-0.1, -0.05) is 0 Å². The minimum absolute atomic E-state index is 0.870. The van der Waals surface area contributed by atoms with Crippen molar-refractivity contribution in [2.24, 2.45) is 0 Å². The van der Waals surface area contributed by atoms with Gasteiger partial charge in [0.1, 0.15) is 11.6 Å². The zero-order valence-corrected chi connectivity index (χ0v) is 8.82. The molecule has 0 bridgehead atoms. The number of rotatable bonds is 1. The summed E-state index contributed by atoms with van der Waals surface area (Å²) in [5.74, 6) is 1.96. The maximum atomic E-state index is 4.46. The van der Waals surface area contributed by atoms with Gasteiger partial charge in [0.15, 0.2) is 0 Å². The van der Waals surface area contributed by atoms with E-state index in [0.29, 0.717) is 0 Å². The summed E-state index contributed by atoms with van der Waals surface area (Å²) < 4.78 is 0. The maximum Gasteiger partial charge on any atom is 0.132 e. The summed E-state index contributed by atoms with van der Waals surface area (Å²) in [6.07, 6.45) is 0. The molecule has 0 unspecified atom stereocenters. The third-order valence-electron chi connectivity index (χ3n) is 2.48. The summed E-state index contributed by atoms with van der Waals surface area (Å²) in [6.45, 7) is 8.50. The molecule has 1 aromatic rings. The van der Waals surface area contributed by atoms with Crippen LogP contribution in [-0.4, -0.2) is 36.1 Å². The third-order valence-corrected chi connectivity index (χ3v) is 2.48. The van der Waals surface area contributed by atoms with Gasteiger partial charge >= 0.3 is 0 Å². The molecule has 1 saturated heterocycles. The van der Waals surface area contributed by atoms with Crippen molar-refractivity contribution in [2.75, 3.05) is 31.1 Å². The molecule has 0 radical (unpaired) electrons. The molecule has 4 heteroatoms. The van der Waals surface area contributed by atoms with E-state index in [-0.39, 0.29) is 0 Å². The Labute approximate surface area is 84.4 Å². The lowest BCUT2D eigenvalue weighted by molar-refractivity contribution is -0.655. The number of nitrogens with zero attached hydrogens (tertiary/aromatic N) is 3. The highest BCUT2D eigenvalue weighted by Gasteiger charge is 2.14. The van der Waals surface area contributed by atoms with Crippen LogP contribution in [0, 0.1) is 13.8 Å². The summed E-state index contributed by atoms with van der Waals surface area (Å²) >= 11 is 0. The van der Waals surface area contributed by atoms with Crippen molar-refractivity contribution in [3.8, 4) is 0 Å². The molecule has 0 amide bonds. The number of hydrogen-bond donors (Lipinski definition) is 1. The predicted molar refractivity (Wildman–Crippen MR) is 55.4 cm³/mol. The minimum Gasteiger partial charge on any atom is -0.345 e. The number of piperazine rings is 1.